The van der Waals surface area contributed by atoms with Crippen LogP contribution in [0.25, 0.3) is 0 Å². The molecule has 4 rings (SSSR count). The van der Waals surface area contributed by atoms with Crippen LogP contribution in [0.1, 0.15) is 23.2 Å². The number of morpholine rings is 1. The number of H-pyrrole nitrogens is 1. The van der Waals surface area contributed by atoms with Crippen molar-refractivity contribution in [1.82, 2.24) is 20.3 Å². The highest BCUT2D eigenvalue weighted by molar-refractivity contribution is 5.76. The zero-order valence-corrected chi connectivity index (χ0v) is 18.8. The van der Waals surface area contributed by atoms with Crippen LogP contribution in [0.4, 0.5) is 10.3 Å². The van der Waals surface area contributed by atoms with E-state index < -0.39 is 5.82 Å². The third-order valence-electron chi connectivity index (χ3n) is 5.47. The van der Waals surface area contributed by atoms with Gasteiger partial charge in [0.1, 0.15) is 5.75 Å². The quantitative estimate of drug-likeness (QED) is 0.524. The van der Waals surface area contributed by atoms with E-state index in [9.17, 15) is 14.0 Å². The van der Waals surface area contributed by atoms with E-state index in [4.69, 9.17) is 9.47 Å². The fourth-order valence-corrected chi connectivity index (χ4v) is 3.61. The summed E-state index contributed by atoms with van der Waals surface area (Å²) < 4.78 is 25.2. The number of amides is 1. The lowest BCUT2D eigenvalue weighted by molar-refractivity contribution is -0.121. The third-order valence-corrected chi connectivity index (χ3v) is 5.47. The monoisotopic (exact) mass is 467 g/mol. The molecule has 1 aliphatic heterocycles. The third kappa shape index (κ3) is 5.96. The Labute approximate surface area is 196 Å². The van der Waals surface area contributed by atoms with Crippen molar-refractivity contribution in [2.75, 3.05) is 31.2 Å². The van der Waals surface area contributed by atoms with Crippen molar-refractivity contribution >= 4 is 11.9 Å². The Kier molecular flexibility index (Phi) is 7.48. The molecule has 1 amide bonds. The molecule has 9 nitrogen and oxygen atoms in total. The van der Waals surface area contributed by atoms with Crippen molar-refractivity contribution < 1.29 is 18.7 Å². The van der Waals surface area contributed by atoms with E-state index in [0.717, 1.165) is 0 Å². The van der Waals surface area contributed by atoms with Gasteiger partial charge in [-0.3, -0.25) is 19.6 Å². The molecule has 0 bridgehead atoms. The highest BCUT2D eigenvalue weighted by Gasteiger charge is 2.17. The van der Waals surface area contributed by atoms with Gasteiger partial charge >= 0.3 is 0 Å². The van der Waals surface area contributed by atoms with Gasteiger partial charge in [0.05, 0.1) is 19.4 Å². The first-order chi connectivity index (χ1) is 16.5. The number of carbonyl (C=O) groups is 1. The highest BCUT2D eigenvalue weighted by atomic mass is 19.1. The first-order valence-corrected chi connectivity index (χ1v) is 11.0. The van der Waals surface area contributed by atoms with E-state index in [1.54, 1.807) is 31.3 Å². The van der Waals surface area contributed by atoms with E-state index in [1.807, 2.05) is 4.90 Å². The van der Waals surface area contributed by atoms with Gasteiger partial charge in [-0.25, -0.2) is 9.37 Å². The number of aromatic amines is 1. The average Bonchev–Trinajstić information content (AvgIpc) is 2.85. The van der Waals surface area contributed by atoms with Crippen LogP contribution in [-0.4, -0.2) is 47.2 Å². The predicted octanol–water partition coefficient (Wildman–Crippen LogP) is 2.49. The summed E-state index contributed by atoms with van der Waals surface area (Å²) in [5.41, 5.74) is 1.43. The minimum absolute atomic E-state index is 0.0748. The lowest BCUT2D eigenvalue weighted by Crippen LogP contribution is -2.38. The van der Waals surface area contributed by atoms with Crippen molar-refractivity contribution in [3.8, 4) is 11.5 Å². The number of aromatic nitrogens is 3. The Morgan fingerprint density at radius 2 is 2.12 bits per heavy atom. The molecule has 3 heterocycles. The summed E-state index contributed by atoms with van der Waals surface area (Å²) in [5.74, 6) is 0.249. The molecule has 2 N–H and O–H groups in total. The lowest BCUT2D eigenvalue weighted by Gasteiger charge is -2.27. The lowest BCUT2D eigenvalue weighted by atomic mass is 10.1. The van der Waals surface area contributed by atoms with E-state index in [1.165, 1.54) is 18.3 Å². The first kappa shape index (κ1) is 23.4. The second kappa shape index (κ2) is 10.9. The number of hydrogen-bond donors (Lipinski definition) is 2. The molecule has 1 aromatic carbocycles. The summed E-state index contributed by atoms with van der Waals surface area (Å²) in [4.78, 5) is 38.1. The molecule has 2 aromatic heterocycles. The molecule has 1 aliphatic rings. The molecule has 178 valence electrons. The molecular weight excluding hydrogens is 441 g/mol. The smallest absolute Gasteiger partial charge is 0.255 e. The van der Waals surface area contributed by atoms with Crippen LogP contribution < -0.4 is 20.5 Å². The molecule has 3 aromatic rings. The maximum atomic E-state index is 14.4. The summed E-state index contributed by atoms with van der Waals surface area (Å²) in [6.07, 6.45) is 3.47. The Bertz CT molecular complexity index is 1200. The highest BCUT2D eigenvalue weighted by Crippen LogP contribution is 2.24. The van der Waals surface area contributed by atoms with Crippen molar-refractivity contribution in [2.45, 2.75) is 26.3 Å². The van der Waals surface area contributed by atoms with Gasteiger partial charge in [0.15, 0.2) is 11.6 Å². The molecular formula is C24H26FN5O4. The fourth-order valence-electron chi connectivity index (χ4n) is 3.61. The number of aryl methyl sites for hydroxylation is 1. The van der Waals surface area contributed by atoms with Gasteiger partial charge in [-0.2, -0.15) is 0 Å². The molecule has 0 aliphatic carbocycles. The van der Waals surface area contributed by atoms with Crippen molar-refractivity contribution in [2.24, 2.45) is 0 Å². The second-order valence-electron chi connectivity index (χ2n) is 7.89. The van der Waals surface area contributed by atoms with Crippen molar-refractivity contribution in [3.05, 3.63) is 75.7 Å². The second-order valence-corrected chi connectivity index (χ2v) is 7.89. The van der Waals surface area contributed by atoms with Gasteiger partial charge in [0, 0.05) is 43.5 Å². The average molecular weight is 468 g/mol. The molecule has 10 heteroatoms. The molecule has 0 atom stereocenters. The number of hydrogen-bond acceptors (Lipinski definition) is 7. The summed E-state index contributed by atoms with van der Waals surface area (Å²) in [7, 11) is 0. The standard InChI is InChI=1S/C24H26FN5O4/c1-16-19(23(32)29-24(28-16)30-9-11-33-12-10-30)5-7-22(31)27-14-17-4-6-21(20(25)13-17)34-18-3-2-8-26-15-18/h2-4,6,8,13,15H,5,7,9-12,14H2,1H3,(H,27,31)(H,28,29,32). The SMILES string of the molecule is Cc1nc(N2CCOCC2)[nH]c(=O)c1CCC(=O)NCc1ccc(Oc2cccnc2)c(F)c1. The molecule has 1 fully saturated rings. The summed E-state index contributed by atoms with van der Waals surface area (Å²) in [5, 5.41) is 2.76. The minimum Gasteiger partial charge on any atom is -0.453 e. The van der Waals surface area contributed by atoms with Gasteiger partial charge in [-0.1, -0.05) is 6.07 Å². The Balaban J connectivity index is 1.29. The predicted molar refractivity (Wildman–Crippen MR) is 124 cm³/mol. The summed E-state index contributed by atoms with van der Waals surface area (Å²) in [6, 6.07) is 7.88. The zero-order valence-electron chi connectivity index (χ0n) is 18.8. The van der Waals surface area contributed by atoms with E-state index in [0.29, 0.717) is 54.8 Å². The van der Waals surface area contributed by atoms with E-state index in [2.05, 4.69) is 20.3 Å². The molecule has 0 radical (unpaired) electrons. The summed E-state index contributed by atoms with van der Waals surface area (Å²) in [6.45, 7) is 4.45. The maximum absolute atomic E-state index is 14.4. The van der Waals surface area contributed by atoms with Crippen LogP contribution in [-0.2, 0) is 22.5 Å². The number of carbonyl (C=O) groups excluding carboxylic acids is 1. The number of rotatable bonds is 8. The van der Waals surface area contributed by atoms with Crippen molar-refractivity contribution in [3.63, 3.8) is 0 Å². The van der Waals surface area contributed by atoms with E-state index in [-0.39, 0.29) is 36.6 Å². The van der Waals surface area contributed by atoms with Crippen LogP contribution in [0.15, 0.2) is 47.5 Å². The normalized spacial score (nSPS) is 13.5. The van der Waals surface area contributed by atoms with Gasteiger partial charge in [0.25, 0.3) is 5.56 Å². The molecule has 0 spiro atoms. The number of anilines is 1. The van der Waals surface area contributed by atoms with Gasteiger partial charge in [-0.05, 0) is 43.2 Å². The van der Waals surface area contributed by atoms with Crippen LogP contribution in [0.5, 0.6) is 11.5 Å². The largest absolute Gasteiger partial charge is 0.453 e. The zero-order chi connectivity index (χ0) is 23.9. The van der Waals surface area contributed by atoms with Crippen LogP contribution in [0, 0.1) is 12.7 Å². The van der Waals surface area contributed by atoms with Gasteiger partial charge < -0.3 is 19.7 Å². The maximum Gasteiger partial charge on any atom is 0.255 e. The van der Waals surface area contributed by atoms with E-state index >= 15 is 0 Å². The first-order valence-electron chi connectivity index (χ1n) is 11.0. The number of halogens is 1. The van der Waals surface area contributed by atoms with Crippen molar-refractivity contribution in [1.29, 1.82) is 0 Å². The van der Waals surface area contributed by atoms with Gasteiger partial charge in [-0.15, -0.1) is 0 Å². The Morgan fingerprint density at radius 1 is 1.29 bits per heavy atom. The fraction of sp³-hybridized carbons (Fsp3) is 0.333. The molecule has 0 unspecified atom stereocenters. The number of nitrogens with zero attached hydrogens (tertiary/aromatic N) is 3. The number of benzene rings is 1. The number of nitrogens with one attached hydrogen (secondary N) is 2. The van der Waals surface area contributed by atoms with Gasteiger partial charge in [0.2, 0.25) is 11.9 Å². The Morgan fingerprint density at radius 3 is 2.82 bits per heavy atom. The molecule has 1 saturated heterocycles. The Hall–Kier alpha value is -3.79. The molecule has 0 saturated carbocycles. The van der Waals surface area contributed by atoms with Crippen LogP contribution in [0.3, 0.4) is 0 Å². The minimum atomic E-state index is -0.538. The number of ether oxygens (including phenoxy) is 2. The number of pyridine rings is 1. The van der Waals surface area contributed by atoms with Crippen LogP contribution >= 0.6 is 0 Å². The van der Waals surface area contributed by atoms with Crippen LogP contribution in [0.2, 0.25) is 0 Å². The molecule has 34 heavy (non-hydrogen) atoms. The topological polar surface area (TPSA) is 109 Å². The summed E-state index contributed by atoms with van der Waals surface area (Å²) >= 11 is 0.